The molecule has 0 saturated carbocycles. The van der Waals surface area contributed by atoms with E-state index >= 15 is 0 Å². The molecule has 1 aromatic carbocycles. The van der Waals surface area contributed by atoms with E-state index in [0.717, 1.165) is 16.5 Å². The van der Waals surface area contributed by atoms with Crippen molar-refractivity contribution >= 4 is 39.8 Å². The Kier molecular flexibility index (Phi) is 2.24. The average molecular weight is 267 g/mol. The molecule has 0 saturated heterocycles. The van der Waals surface area contributed by atoms with E-state index in [1.54, 1.807) is 6.07 Å². The Bertz CT molecular complexity index is 748. The molecule has 86 valence electrons. The van der Waals surface area contributed by atoms with E-state index in [2.05, 4.69) is 15.1 Å². The molecule has 0 spiro atoms. The first-order valence-corrected chi connectivity index (χ1v) is 5.80. The van der Waals surface area contributed by atoms with Gasteiger partial charge in [0.25, 0.3) is 0 Å². The monoisotopic (exact) mass is 266 g/mol. The van der Waals surface area contributed by atoms with Crippen molar-refractivity contribution in [3.63, 3.8) is 0 Å². The lowest BCUT2D eigenvalue weighted by atomic mass is 10.1. The second kappa shape index (κ2) is 3.55. The molecule has 0 aliphatic carbocycles. The first-order valence-electron chi connectivity index (χ1n) is 5.05. The lowest BCUT2D eigenvalue weighted by Crippen LogP contribution is -1.95. The summed E-state index contributed by atoms with van der Waals surface area (Å²) in [5.74, 6) is 0.661. The maximum atomic E-state index is 6.07. The SMILES string of the molecule is Cc1nc2c3cc(C)c(Cl)cc3nc(Cl)n2n1. The minimum Gasteiger partial charge on any atom is -0.218 e. The fourth-order valence-electron chi connectivity index (χ4n) is 1.81. The maximum absolute atomic E-state index is 6.07. The van der Waals surface area contributed by atoms with Gasteiger partial charge < -0.3 is 0 Å². The molecule has 3 rings (SSSR count). The Morgan fingerprint density at radius 2 is 1.88 bits per heavy atom. The predicted molar refractivity (Wildman–Crippen MR) is 67.8 cm³/mol. The molecule has 3 aromatic rings. The minimum atomic E-state index is 0.285. The Morgan fingerprint density at radius 1 is 1.12 bits per heavy atom. The lowest BCUT2D eigenvalue weighted by molar-refractivity contribution is 0.909. The number of halogens is 2. The van der Waals surface area contributed by atoms with E-state index in [1.807, 2.05) is 19.9 Å². The van der Waals surface area contributed by atoms with E-state index in [4.69, 9.17) is 23.2 Å². The molecule has 0 aliphatic heterocycles. The van der Waals surface area contributed by atoms with Crippen molar-refractivity contribution in [1.82, 2.24) is 19.6 Å². The smallest absolute Gasteiger partial charge is 0.218 e. The summed E-state index contributed by atoms with van der Waals surface area (Å²) >= 11 is 12.1. The van der Waals surface area contributed by atoms with E-state index in [-0.39, 0.29) is 5.28 Å². The van der Waals surface area contributed by atoms with Crippen LogP contribution in [-0.2, 0) is 0 Å². The number of nitrogens with zero attached hydrogens (tertiary/aromatic N) is 4. The first kappa shape index (κ1) is 10.7. The van der Waals surface area contributed by atoms with Gasteiger partial charge in [-0.15, -0.1) is 5.10 Å². The highest BCUT2D eigenvalue weighted by Crippen LogP contribution is 2.26. The van der Waals surface area contributed by atoms with Gasteiger partial charge in [0.15, 0.2) is 5.65 Å². The van der Waals surface area contributed by atoms with Crippen LogP contribution in [0.25, 0.3) is 16.6 Å². The second-order valence-corrected chi connectivity index (χ2v) is 4.64. The Balaban J connectivity index is 2.58. The minimum absolute atomic E-state index is 0.285. The van der Waals surface area contributed by atoms with Crippen LogP contribution in [-0.4, -0.2) is 19.6 Å². The van der Waals surface area contributed by atoms with Gasteiger partial charge in [-0.25, -0.2) is 9.97 Å². The molecule has 6 heteroatoms. The van der Waals surface area contributed by atoms with Crippen LogP contribution < -0.4 is 0 Å². The lowest BCUT2D eigenvalue weighted by Gasteiger charge is -2.04. The standard InChI is InChI=1S/C11H8Cl2N4/c1-5-3-7-9(4-8(5)12)15-11(13)17-10(7)14-6(2)16-17/h3-4H,1-2H3. The van der Waals surface area contributed by atoms with Crippen molar-refractivity contribution in [1.29, 1.82) is 0 Å². The summed E-state index contributed by atoms with van der Waals surface area (Å²) < 4.78 is 1.53. The van der Waals surface area contributed by atoms with Gasteiger partial charge in [-0.3, -0.25) is 0 Å². The van der Waals surface area contributed by atoms with Gasteiger partial charge >= 0.3 is 0 Å². The van der Waals surface area contributed by atoms with E-state index in [0.29, 0.717) is 16.5 Å². The van der Waals surface area contributed by atoms with Crippen LogP contribution in [0.1, 0.15) is 11.4 Å². The molecule has 17 heavy (non-hydrogen) atoms. The number of fused-ring (bicyclic) bond motifs is 3. The van der Waals surface area contributed by atoms with Gasteiger partial charge in [-0.05, 0) is 43.1 Å². The molecule has 2 heterocycles. The highest BCUT2D eigenvalue weighted by Gasteiger charge is 2.11. The molecule has 0 atom stereocenters. The van der Waals surface area contributed by atoms with Crippen LogP contribution in [0.5, 0.6) is 0 Å². The maximum Gasteiger partial charge on any atom is 0.226 e. The molecular weight excluding hydrogens is 259 g/mol. The third-order valence-electron chi connectivity index (χ3n) is 2.62. The van der Waals surface area contributed by atoms with E-state index in [1.165, 1.54) is 4.52 Å². The fourth-order valence-corrected chi connectivity index (χ4v) is 2.17. The molecule has 2 aromatic heterocycles. The Labute approximate surface area is 107 Å². The third-order valence-corrected chi connectivity index (χ3v) is 3.27. The molecule has 0 radical (unpaired) electrons. The number of aromatic nitrogens is 4. The van der Waals surface area contributed by atoms with Crippen molar-refractivity contribution < 1.29 is 0 Å². The van der Waals surface area contributed by atoms with Gasteiger partial charge in [-0.2, -0.15) is 4.52 Å². The van der Waals surface area contributed by atoms with Crippen molar-refractivity contribution in [3.05, 3.63) is 33.8 Å². The summed E-state index contributed by atoms with van der Waals surface area (Å²) in [6, 6.07) is 3.74. The van der Waals surface area contributed by atoms with Crippen molar-refractivity contribution in [2.45, 2.75) is 13.8 Å². The van der Waals surface area contributed by atoms with Crippen LogP contribution >= 0.6 is 23.2 Å². The molecule has 0 bridgehead atoms. The number of aryl methyl sites for hydroxylation is 2. The van der Waals surface area contributed by atoms with E-state index < -0.39 is 0 Å². The zero-order valence-electron chi connectivity index (χ0n) is 9.20. The molecule has 4 nitrogen and oxygen atoms in total. The predicted octanol–water partition coefficient (Wildman–Crippen LogP) is 3.20. The van der Waals surface area contributed by atoms with Crippen LogP contribution in [0.2, 0.25) is 10.3 Å². The van der Waals surface area contributed by atoms with Gasteiger partial charge in [0.05, 0.1) is 5.52 Å². The molecule has 0 aliphatic rings. The van der Waals surface area contributed by atoms with Gasteiger partial charge in [0.2, 0.25) is 5.28 Å². The number of hydrogen-bond acceptors (Lipinski definition) is 3. The van der Waals surface area contributed by atoms with Crippen LogP contribution in [0.3, 0.4) is 0 Å². The normalized spacial score (nSPS) is 11.5. The zero-order chi connectivity index (χ0) is 12.2. The first-order chi connectivity index (χ1) is 8.06. The van der Waals surface area contributed by atoms with Crippen LogP contribution in [0, 0.1) is 13.8 Å². The topological polar surface area (TPSA) is 43.1 Å². The third kappa shape index (κ3) is 1.56. The molecule has 0 N–H and O–H groups in total. The second-order valence-electron chi connectivity index (χ2n) is 3.89. The molecule has 0 amide bonds. The van der Waals surface area contributed by atoms with Gasteiger partial charge in [0, 0.05) is 10.4 Å². The summed E-state index contributed by atoms with van der Waals surface area (Å²) in [6.45, 7) is 3.76. The number of benzene rings is 1. The van der Waals surface area contributed by atoms with Crippen LogP contribution in [0.4, 0.5) is 0 Å². The Morgan fingerprint density at radius 3 is 2.65 bits per heavy atom. The van der Waals surface area contributed by atoms with Crippen LogP contribution in [0.15, 0.2) is 12.1 Å². The van der Waals surface area contributed by atoms with Crippen molar-refractivity contribution in [2.24, 2.45) is 0 Å². The summed E-state index contributed by atoms with van der Waals surface area (Å²) in [5.41, 5.74) is 2.41. The molecular formula is C11H8Cl2N4. The summed E-state index contributed by atoms with van der Waals surface area (Å²) in [7, 11) is 0. The fraction of sp³-hybridized carbons (Fsp3) is 0.182. The molecule has 0 fully saturated rings. The van der Waals surface area contributed by atoms with Gasteiger partial charge in [-0.1, -0.05) is 11.6 Å². The average Bonchev–Trinajstić information content (AvgIpc) is 2.64. The zero-order valence-corrected chi connectivity index (χ0v) is 10.7. The van der Waals surface area contributed by atoms with E-state index in [9.17, 15) is 0 Å². The number of hydrogen-bond donors (Lipinski definition) is 0. The number of rotatable bonds is 0. The highest BCUT2D eigenvalue weighted by molar-refractivity contribution is 6.32. The largest absolute Gasteiger partial charge is 0.226 e. The Hall–Kier alpha value is -1.39. The van der Waals surface area contributed by atoms with Crippen molar-refractivity contribution in [3.8, 4) is 0 Å². The quantitative estimate of drug-likeness (QED) is 0.587. The highest BCUT2D eigenvalue weighted by atomic mass is 35.5. The van der Waals surface area contributed by atoms with Gasteiger partial charge in [0.1, 0.15) is 5.82 Å². The van der Waals surface area contributed by atoms with Crippen molar-refractivity contribution in [2.75, 3.05) is 0 Å². The summed E-state index contributed by atoms with van der Waals surface area (Å²) in [6.07, 6.45) is 0. The summed E-state index contributed by atoms with van der Waals surface area (Å²) in [4.78, 5) is 8.62. The summed E-state index contributed by atoms with van der Waals surface area (Å²) in [5, 5.41) is 6.05. The molecule has 0 unspecified atom stereocenters.